The minimum Gasteiger partial charge on any atom is -0.489 e. The molecule has 1 fully saturated rings. The summed E-state index contributed by atoms with van der Waals surface area (Å²) < 4.78 is 6.17. The molecule has 0 radical (unpaired) electrons. The van der Waals surface area contributed by atoms with E-state index in [4.69, 9.17) is 14.7 Å². The van der Waals surface area contributed by atoms with Crippen LogP contribution in [0.5, 0.6) is 5.75 Å². The predicted octanol–water partition coefficient (Wildman–Crippen LogP) is 4.63. The number of ether oxygens (including phenoxy) is 1. The highest BCUT2D eigenvalue weighted by Crippen LogP contribution is 2.41. The number of aromatic nitrogens is 2. The zero-order chi connectivity index (χ0) is 26.3. The Bertz CT molecular complexity index is 1320. The fraction of sp³-hybridized carbons (Fsp3) is 0.393. The summed E-state index contributed by atoms with van der Waals surface area (Å²) in [5.74, 6) is 1.68. The normalized spacial score (nSPS) is 16.0. The second-order valence-electron chi connectivity index (χ2n) is 9.94. The van der Waals surface area contributed by atoms with Crippen LogP contribution in [-0.4, -0.2) is 60.4 Å². The van der Waals surface area contributed by atoms with Crippen molar-refractivity contribution in [2.24, 2.45) is 0 Å². The van der Waals surface area contributed by atoms with Crippen molar-refractivity contribution in [1.82, 2.24) is 9.97 Å². The molecule has 0 unspecified atom stereocenters. The molecule has 3 heterocycles. The van der Waals surface area contributed by atoms with Crippen LogP contribution in [0.25, 0.3) is 0 Å². The number of aryl methyl sites for hydroxylation is 1. The van der Waals surface area contributed by atoms with E-state index in [2.05, 4.69) is 16.3 Å². The van der Waals surface area contributed by atoms with Crippen LogP contribution in [0.4, 0.5) is 34.5 Å². The summed E-state index contributed by atoms with van der Waals surface area (Å²) in [4.78, 5) is 28.6. The number of aliphatic hydroxyl groups is 1. The molecule has 0 bridgehead atoms. The predicted molar refractivity (Wildman–Crippen MR) is 147 cm³/mol. The van der Waals surface area contributed by atoms with Crippen LogP contribution in [-0.2, 0) is 0 Å². The number of benzene rings is 2. The van der Waals surface area contributed by atoms with Gasteiger partial charge in [0.15, 0.2) is 5.82 Å². The summed E-state index contributed by atoms with van der Waals surface area (Å²) in [5, 5.41) is 13.2. The molecule has 2 N–H and O–H groups in total. The van der Waals surface area contributed by atoms with E-state index in [1.807, 2.05) is 69.1 Å². The number of aliphatic hydroxyl groups excluding tert-OH is 1. The molecule has 194 valence electrons. The molecule has 9 nitrogen and oxygen atoms in total. The van der Waals surface area contributed by atoms with Crippen LogP contribution < -0.4 is 24.8 Å². The molecule has 1 saturated heterocycles. The molecule has 2 aliphatic heterocycles. The summed E-state index contributed by atoms with van der Waals surface area (Å²) in [7, 11) is 3.67. The fourth-order valence-electron chi connectivity index (χ4n) is 4.98. The molecule has 0 atom stereocenters. The number of carbonyl (C=O) groups excluding carboxylic acids is 1. The first-order valence-corrected chi connectivity index (χ1v) is 12.7. The third-order valence-corrected chi connectivity index (χ3v) is 6.90. The van der Waals surface area contributed by atoms with E-state index in [-0.39, 0.29) is 18.1 Å². The number of amides is 1. The van der Waals surface area contributed by atoms with E-state index in [9.17, 15) is 9.90 Å². The molecule has 5 rings (SSSR count). The Balaban J connectivity index is 1.51. The number of carbonyl (C=O) groups is 1. The lowest BCUT2D eigenvalue weighted by Crippen LogP contribution is -2.35. The third-order valence-electron chi connectivity index (χ3n) is 6.90. The third kappa shape index (κ3) is 4.79. The van der Waals surface area contributed by atoms with Crippen LogP contribution >= 0.6 is 0 Å². The minimum atomic E-state index is -0.225. The first-order valence-electron chi connectivity index (χ1n) is 12.7. The summed E-state index contributed by atoms with van der Waals surface area (Å²) in [5.41, 5.74) is 4.60. The van der Waals surface area contributed by atoms with Crippen LogP contribution in [0.2, 0.25) is 0 Å². The molecular weight excluding hydrogens is 468 g/mol. The average Bonchev–Trinajstić information content (AvgIpc) is 2.95. The highest BCUT2D eigenvalue weighted by atomic mass is 16.5. The minimum absolute atomic E-state index is 0.0176. The maximum Gasteiger partial charge on any atom is 0.260 e. The number of piperidine rings is 1. The van der Waals surface area contributed by atoms with Gasteiger partial charge in [-0.3, -0.25) is 4.79 Å². The van der Waals surface area contributed by atoms with Crippen molar-refractivity contribution in [1.29, 1.82) is 0 Å². The lowest BCUT2D eigenvalue weighted by molar-refractivity contribution is 0.0994. The molecule has 37 heavy (non-hydrogen) atoms. The van der Waals surface area contributed by atoms with Gasteiger partial charge in [0.05, 0.1) is 34.8 Å². The van der Waals surface area contributed by atoms with Gasteiger partial charge in [0.25, 0.3) is 5.91 Å². The number of hydrogen-bond acceptors (Lipinski definition) is 8. The van der Waals surface area contributed by atoms with Gasteiger partial charge in [0.2, 0.25) is 5.95 Å². The van der Waals surface area contributed by atoms with Crippen molar-refractivity contribution in [2.75, 3.05) is 47.2 Å². The Labute approximate surface area is 217 Å². The van der Waals surface area contributed by atoms with Crippen molar-refractivity contribution < 1.29 is 14.6 Å². The smallest absolute Gasteiger partial charge is 0.260 e. The van der Waals surface area contributed by atoms with E-state index >= 15 is 0 Å². The van der Waals surface area contributed by atoms with Gasteiger partial charge >= 0.3 is 0 Å². The van der Waals surface area contributed by atoms with E-state index in [0.717, 1.165) is 43.0 Å². The van der Waals surface area contributed by atoms with Crippen molar-refractivity contribution in [2.45, 2.75) is 45.8 Å². The molecule has 1 amide bonds. The second kappa shape index (κ2) is 9.89. The number of para-hydroxylation sites is 1. The van der Waals surface area contributed by atoms with E-state index < -0.39 is 0 Å². The second-order valence-corrected chi connectivity index (χ2v) is 9.94. The van der Waals surface area contributed by atoms with Crippen molar-refractivity contribution >= 4 is 40.4 Å². The average molecular weight is 503 g/mol. The Hall–Kier alpha value is -3.85. The summed E-state index contributed by atoms with van der Waals surface area (Å²) in [6.07, 6.45) is 1.28. The first kappa shape index (κ1) is 24.8. The molecule has 0 spiro atoms. The van der Waals surface area contributed by atoms with Gasteiger partial charge in [0.1, 0.15) is 11.4 Å². The van der Waals surface area contributed by atoms with Gasteiger partial charge in [-0.2, -0.15) is 4.98 Å². The molecule has 0 aliphatic carbocycles. The maximum absolute atomic E-state index is 13.2. The van der Waals surface area contributed by atoms with Crippen molar-refractivity contribution in [3.8, 4) is 5.75 Å². The number of anilines is 6. The molecule has 2 aliphatic rings. The van der Waals surface area contributed by atoms with Gasteiger partial charge in [-0.25, -0.2) is 4.98 Å². The van der Waals surface area contributed by atoms with Gasteiger partial charge in [-0.05, 0) is 57.9 Å². The van der Waals surface area contributed by atoms with E-state index in [1.54, 1.807) is 11.9 Å². The summed E-state index contributed by atoms with van der Waals surface area (Å²) in [6, 6.07) is 13.6. The van der Waals surface area contributed by atoms with Crippen LogP contribution in [0.15, 0.2) is 42.5 Å². The van der Waals surface area contributed by atoms with Crippen LogP contribution in [0.3, 0.4) is 0 Å². The molecule has 0 saturated carbocycles. The SMILES string of the molecule is Cc1nc(Nc2ccc(N3CCC(O)CC3)cc2OC(C)C)nc2c1N(C)C(=O)c1ccccc1N2C. The molecular formula is C28H34N6O3. The molecule has 2 aromatic carbocycles. The first-order chi connectivity index (χ1) is 17.7. The Morgan fingerprint density at radius 1 is 1.05 bits per heavy atom. The number of fused-ring (bicyclic) bond motifs is 2. The largest absolute Gasteiger partial charge is 0.489 e. The quantitative estimate of drug-likeness (QED) is 0.521. The summed E-state index contributed by atoms with van der Waals surface area (Å²) in [6.45, 7) is 7.50. The van der Waals surface area contributed by atoms with Crippen LogP contribution in [0.1, 0.15) is 42.7 Å². The zero-order valence-electron chi connectivity index (χ0n) is 22.0. The maximum atomic E-state index is 13.2. The lowest BCUT2D eigenvalue weighted by Gasteiger charge is -2.32. The monoisotopic (exact) mass is 502 g/mol. The molecule has 9 heteroatoms. The Morgan fingerprint density at radius 2 is 1.78 bits per heavy atom. The van der Waals surface area contributed by atoms with Crippen molar-refractivity contribution in [3.05, 3.63) is 53.7 Å². The standard InChI is InChI=1S/C28H34N6O3/c1-17(2)37-24-16-19(34-14-12-20(35)13-15-34)10-11-22(24)30-28-29-18(3)25-26(31-28)32(4)23-9-7-6-8-21(23)27(36)33(25)5/h6-11,16-17,20,35H,12-15H2,1-5H3,(H,29,30,31). The lowest BCUT2D eigenvalue weighted by atomic mass is 10.1. The molecule has 3 aromatic rings. The Kier molecular flexibility index (Phi) is 6.64. The topological polar surface area (TPSA) is 94.1 Å². The zero-order valence-corrected chi connectivity index (χ0v) is 22.0. The van der Waals surface area contributed by atoms with Gasteiger partial charge in [-0.1, -0.05) is 12.1 Å². The number of nitrogens with zero attached hydrogens (tertiary/aromatic N) is 5. The fourth-order valence-corrected chi connectivity index (χ4v) is 4.98. The highest BCUT2D eigenvalue weighted by molar-refractivity contribution is 6.13. The van der Waals surface area contributed by atoms with Gasteiger partial charge in [-0.15, -0.1) is 0 Å². The van der Waals surface area contributed by atoms with Crippen molar-refractivity contribution in [3.63, 3.8) is 0 Å². The number of hydrogen-bond donors (Lipinski definition) is 2. The molecule has 1 aromatic heterocycles. The van der Waals surface area contributed by atoms with Gasteiger partial charge in [0, 0.05) is 38.9 Å². The number of rotatable bonds is 5. The number of nitrogens with one attached hydrogen (secondary N) is 1. The Morgan fingerprint density at radius 3 is 2.51 bits per heavy atom. The van der Waals surface area contributed by atoms with Crippen LogP contribution in [0, 0.1) is 6.92 Å². The summed E-state index contributed by atoms with van der Waals surface area (Å²) >= 11 is 0. The van der Waals surface area contributed by atoms with E-state index in [0.29, 0.717) is 34.5 Å². The highest BCUT2D eigenvalue weighted by Gasteiger charge is 2.30. The van der Waals surface area contributed by atoms with E-state index in [1.165, 1.54) is 0 Å². The van der Waals surface area contributed by atoms with Gasteiger partial charge < -0.3 is 29.9 Å².